The second-order valence-corrected chi connectivity index (χ2v) is 5.36. The summed E-state index contributed by atoms with van der Waals surface area (Å²) < 4.78 is 42.4. The largest absolute Gasteiger partial charge is 0.471 e. The van der Waals surface area contributed by atoms with Crippen molar-refractivity contribution in [3.05, 3.63) is 30.5 Å². The van der Waals surface area contributed by atoms with Crippen molar-refractivity contribution in [3.8, 4) is 5.88 Å². The summed E-state index contributed by atoms with van der Waals surface area (Å²) >= 11 is 0. The first kappa shape index (κ1) is 15.5. The number of hydrogen-bond donors (Lipinski definition) is 0. The number of ether oxygens (including phenoxy) is 1. The number of nitrogens with zero attached hydrogens (tertiary/aromatic N) is 3. The number of alkyl halides is 3. The molecule has 1 amide bonds. The smallest absolute Gasteiger partial charge is 0.397 e. The van der Waals surface area contributed by atoms with Gasteiger partial charge in [-0.1, -0.05) is 12.1 Å². The highest BCUT2D eigenvalue weighted by Gasteiger charge is 2.36. The molecule has 1 fully saturated rings. The molecular formula is C15H14F3N3O2. The maximum Gasteiger partial charge on any atom is 0.397 e. The van der Waals surface area contributed by atoms with E-state index >= 15 is 0 Å². The summed E-state index contributed by atoms with van der Waals surface area (Å²) in [7, 11) is 0. The molecule has 2 heterocycles. The normalized spacial score (nSPS) is 18.4. The number of aromatic nitrogens is 2. The predicted molar refractivity (Wildman–Crippen MR) is 75.8 cm³/mol. The molecular weight excluding hydrogens is 311 g/mol. The molecule has 1 aliphatic rings. The van der Waals surface area contributed by atoms with Crippen LogP contribution in [0, 0.1) is 0 Å². The second-order valence-electron chi connectivity index (χ2n) is 5.36. The third kappa shape index (κ3) is 3.88. The van der Waals surface area contributed by atoms with Crippen LogP contribution in [0.4, 0.5) is 13.2 Å². The van der Waals surface area contributed by atoms with Gasteiger partial charge in [-0.2, -0.15) is 13.2 Å². The Morgan fingerprint density at radius 2 is 2.04 bits per heavy atom. The summed E-state index contributed by atoms with van der Waals surface area (Å²) in [5.74, 6) is -0.619. The number of likely N-dealkylation sites (tertiary alicyclic amines) is 1. The van der Waals surface area contributed by atoms with Crippen LogP contribution in [0.3, 0.4) is 0 Å². The molecule has 3 rings (SSSR count). The minimum atomic E-state index is -4.49. The number of hydrogen-bond acceptors (Lipinski definition) is 4. The SMILES string of the molecule is O=C(CC(F)(F)F)N1CC[C@H](Oc2cnc3ccccc3n2)C1. The van der Waals surface area contributed by atoms with Gasteiger partial charge < -0.3 is 9.64 Å². The second kappa shape index (κ2) is 6.02. The van der Waals surface area contributed by atoms with Crippen molar-refractivity contribution in [3.63, 3.8) is 0 Å². The molecule has 1 aromatic carbocycles. The van der Waals surface area contributed by atoms with Gasteiger partial charge in [-0.25, -0.2) is 9.97 Å². The van der Waals surface area contributed by atoms with Gasteiger partial charge in [0.2, 0.25) is 11.8 Å². The van der Waals surface area contributed by atoms with Crippen molar-refractivity contribution < 1.29 is 22.7 Å². The number of fused-ring (bicyclic) bond motifs is 1. The van der Waals surface area contributed by atoms with Crippen molar-refractivity contribution in [2.24, 2.45) is 0 Å². The minimum Gasteiger partial charge on any atom is -0.471 e. The fourth-order valence-electron chi connectivity index (χ4n) is 2.50. The van der Waals surface area contributed by atoms with Gasteiger partial charge in [-0.05, 0) is 12.1 Å². The van der Waals surface area contributed by atoms with Gasteiger partial charge in [0.15, 0.2) is 0 Å². The Morgan fingerprint density at radius 1 is 1.30 bits per heavy atom. The van der Waals surface area contributed by atoms with Crippen LogP contribution in [0.1, 0.15) is 12.8 Å². The molecule has 1 aromatic heterocycles. The zero-order valence-electron chi connectivity index (χ0n) is 12.1. The van der Waals surface area contributed by atoms with Gasteiger partial charge in [-0.15, -0.1) is 0 Å². The lowest BCUT2D eigenvalue weighted by molar-refractivity contribution is -0.160. The summed E-state index contributed by atoms with van der Waals surface area (Å²) in [5.41, 5.74) is 1.40. The minimum absolute atomic E-state index is 0.128. The summed E-state index contributed by atoms with van der Waals surface area (Å²) in [5, 5.41) is 0. The number of carbonyl (C=O) groups excluding carboxylic acids is 1. The van der Waals surface area contributed by atoms with Gasteiger partial charge in [0.05, 0.1) is 23.8 Å². The van der Waals surface area contributed by atoms with E-state index in [1.807, 2.05) is 18.2 Å². The van der Waals surface area contributed by atoms with E-state index < -0.39 is 18.5 Å². The molecule has 2 aromatic rings. The Kier molecular flexibility index (Phi) is 4.06. The molecule has 0 saturated carbocycles. The first-order chi connectivity index (χ1) is 10.9. The lowest BCUT2D eigenvalue weighted by Gasteiger charge is -2.17. The van der Waals surface area contributed by atoms with Gasteiger partial charge in [0.25, 0.3) is 0 Å². The van der Waals surface area contributed by atoms with E-state index in [-0.39, 0.29) is 19.2 Å². The van der Waals surface area contributed by atoms with Crippen LogP contribution in [0.15, 0.2) is 30.5 Å². The lowest BCUT2D eigenvalue weighted by Crippen LogP contribution is -2.34. The summed E-state index contributed by atoms with van der Waals surface area (Å²) in [6.07, 6.45) is -4.35. The number of rotatable bonds is 3. The van der Waals surface area contributed by atoms with Gasteiger partial charge in [0, 0.05) is 13.0 Å². The molecule has 0 unspecified atom stereocenters. The van der Waals surface area contributed by atoms with E-state index in [4.69, 9.17) is 4.74 Å². The van der Waals surface area contributed by atoms with Crippen LogP contribution < -0.4 is 4.74 Å². The molecule has 122 valence electrons. The standard InChI is InChI=1S/C15H14F3N3O2/c16-15(17,18)7-14(22)21-6-5-10(9-21)23-13-8-19-11-3-1-2-4-12(11)20-13/h1-4,8,10H,5-7,9H2/t10-/m0/s1. The first-order valence-electron chi connectivity index (χ1n) is 7.14. The number of amides is 1. The van der Waals surface area contributed by atoms with Crippen molar-refractivity contribution in [1.29, 1.82) is 0 Å². The number of carbonyl (C=O) groups is 1. The average molecular weight is 325 g/mol. The highest BCUT2D eigenvalue weighted by Crippen LogP contribution is 2.24. The maximum atomic E-state index is 12.3. The molecule has 0 aliphatic carbocycles. The van der Waals surface area contributed by atoms with Crippen molar-refractivity contribution in [2.75, 3.05) is 13.1 Å². The average Bonchev–Trinajstić information content (AvgIpc) is 2.94. The molecule has 0 spiro atoms. The highest BCUT2D eigenvalue weighted by atomic mass is 19.4. The topological polar surface area (TPSA) is 55.3 Å². The van der Waals surface area contributed by atoms with Gasteiger partial charge in [-0.3, -0.25) is 4.79 Å². The molecule has 8 heteroatoms. The number of benzene rings is 1. The van der Waals surface area contributed by atoms with Crippen LogP contribution in [0.25, 0.3) is 11.0 Å². The van der Waals surface area contributed by atoms with Gasteiger partial charge >= 0.3 is 6.18 Å². The summed E-state index contributed by atoms with van der Waals surface area (Å²) in [6.45, 7) is 0.379. The zero-order valence-corrected chi connectivity index (χ0v) is 12.1. The van der Waals surface area contributed by atoms with Crippen LogP contribution in [-0.4, -0.2) is 46.1 Å². The lowest BCUT2D eigenvalue weighted by atomic mass is 10.3. The Balaban J connectivity index is 1.61. The van der Waals surface area contributed by atoms with Crippen molar-refractivity contribution >= 4 is 16.9 Å². The monoisotopic (exact) mass is 325 g/mol. The number of halogens is 3. The zero-order chi connectivity index (χ0) is 16.4. The molecule has 0 radical (unpaired) electrons. The quantitative estimate of drug-likeness (QED) is 0.870. The van der Waals surface area contributed by atoms with E-state index in [1.54, 1.807) is 6.07 Å². The fourth-order valence-corrected chi connectivity index (χ4v) is 2.50. The molecule has 1 aliphatic heterocycles. The third-order valence-corrected chi connectivity index (χ3v) is 3.56. The van der Waals surface area contributed by atoms with Crippen LogP contribution in [0.5, 0.6) is 5.88 Å². The predicted octanol–water partition coefficient (Wildman–Crippen LogP) is 2.56. The van der Waals surface area contributed by atoms with E-state index in [9.17, 15) is 18.0 Å². The van der Waals surface area contributed by atoms with Crippen LogP contribution in [-0.2, 0) is 4.79 Å². The number of para-hydroxylation sites is 2. The Hall–Kier alpha value is -2.38. The van der Waals surface area contributed by atoms with E-state index in [0.717, 1.165) is 5.52 Å². The summed E-state index contributed by atoms with van der Waals surface area (Å²) in [4.78, 5) is 21.2. The Morgan fingerprint density at radius 3 is 2.78 bits per heavy atom. The molecule has 0 bridgehead atoms. The maximum absolute atomic E-state index is 12.3. The molecule has 23 heavy (non-hydrogen) atoms. The van der Waals surface area contributed by atoms with Gasteiger partial charge in [0.1, 0.15) is 12.5 Å². The van der Waals surface area contributed by atoms with Crippen LogP contribution in [0.2, 0.25) is 0 Å². The van der Waals surface area contributed by atoms with E-state index in [0.29, 0.717) is 17.8 Å². The van der Waals surface area contributed by atoms with Crippen LogP contribution >= 0.6 is 0 Å². The molecule has 1 saturated heterocycles. The van der Waals surface area contributed by atoms with Crippen molar-refractivity contribution in [2.45, 2.75) is 25.1 Å². The fraction of sp³-hybridized carbons (Fsp3) is 0.400. The van der Waals surface area contributed by atoms with E-state index in [1.165, 1.54) is 11.1 Å². The molecule has 0 N–H and O–H groups in total. The Labute approximate surface area is 130 Å². The Bertz CT molecular complexity index is 720. The van der Waals surface area contributed by atoms with Crippen molar-refractivity contribution in [1.82, 2.24) is 14.9 Å². The third-order valence-electron chi connectivity index (χ3n) is 3.56. The first-order valence-corrected chi connectivity index (χ1v) is 7.14. The molecule has 1 atom stereocenters. The summed E-state index contributed by atoms with van der Waals surface area (Å²) in [6, 6.07) is 7.29. The molecule has 5 nitrogen and oxygen atoms in total. The van der Waals surface area contributed by atoms with E-state index in [2.05, 4.69) is 9.97 Å². The highest BCUT2D eigenvalue weighted by molar-refractivity contribution is 5.77.